The van der Waals surface area contributed by atoms with Crippen LogP contribution in [0.2, 0.25) is 0 Å². The van der Waals surface area contributed by atoms with Gasteiger partial charge in [-0.25, -0.2) is 9.59 Å². The molecule has 0 aromatic heterocycles. The van der Waals surface area contributed by atoms with Crippen LogP contribution in [0.3, 0.4) is 0 Å². The first-order valence-electron chi connectivity index (χ1n) is 11.9. The van der Waals surface area contributed by atoms with E-state index in [4.69, 9.17) is 9.47 Å². The van der Waals surface area contributed by atoms with Crippen molar-refractivity contribution in [3.05, 3.63) is 70.8 Å². The lowest BCUT2D eigenvalue weighted by atomic mass is 9.87. The van der Waals surface area contributed by atoms with Crippen LogP contribution in [0, 0.1) is 0 Å². The van der Waals surface area contributed by atoms with E-state index in [1.165, 1.54) is 12.0 Å². The molecule has 13 heteroatoms. The van der Waals surface area contributed by atoms with Gasteiger partial charge in [0.1, 0.15) is 0 Å². The van der Waals surface area contributed by atoms with Gasteiger partial charge in [-0.05, 0) is 48.6 Å². The van der Waals surface area contributed by atoms with Crippen LogP contribution in [0.5, 0.6) is 0 Å². The Balaban J connectivity index is 2.02. The van der Waals surface area contributed by atoms with E-state index in [0.29, 0.717) is 12.1 Å². The van der Waals surface area contributed by atoms with Crippen LogP contribution in [-0.2, 0) is 34.8 Å². The summed E-state index contributed by atoms with van der Waals surface area (Å²) in [6, 6.07) is 7.91. The predicted molar refractivity (Wildman–Crippen MR) is 127 cm³/mol. The van der Waals surface area contributed by atoms with Crippen molar-refractivity contribution in [2.75, 3.05) is 20.8 Å². The van der Waals surface area contributed by atoms with Crippen molar-refractivity contribution >= 4 is 12.2 Å². The number of halogens is 6. The Morgan fingerprint density at radius 2 is 1.49 bits per heavy atom. The van der Waals surface area contributed by atoms with E-state index < -0.39 is 65.9 Å². The fourth-order valence-electron chi connectivity index (χ4n) is 4.99. The minimum absolute atomic E-state index is 0.0157. The van der Waals surface area contributed by atoms with Crippen LogP contribution < -0.4 is 0 Å². The number of amides is 2. The summed E-state index contributed by atoms with van der Waals surface area (Å²) >= 11 is 0. The van der Waals surface area contributed by atoms with E-state index in [1.807, 2.05) is 0 Å². The van der Waals surface area contributed by atoms with Gasteiger partial charge in [0.15, 0.2) is 0 Å². The number of rotatable bonds is 7. The summed E-state index contributed by atoms with van der Waals surface area (Å²) in [5.74, 6) is 0. The first-order valence-corrected chi connectivity index (χ1v) is 11.9. The number of hydrogen-bond donors (Lipinski definition) is 1. The predicted octanol–water partition coefficient (Wildman–Crippen LogP) is 6.06. The molecule has 0 saturated carbocycles. The van der Waals surface area contributed by atoms with E-state index in [0.717, 1.165) is 17.6 Å². The molecule has 0 bridgehead atoms. The van der Waals surface area contributed by atoms with Gasteiger partial charge in [-0.2, -0.15) is 26.3 Å². The number of carbonyl (C=O) groups is 2. The molecule has 1 aliphatic rings. The summed E-state index contributed by atoms with van der Waals surface area (Å²) in [6.07, 6.45) is -11.9. The molecule has 2 aromatic carbocycles. The molecule has 7 nitrogen and oxygen atoms in total. The SMILES string of the molecule is COCC1CC(N(Cc2cc(C(F)(F)F)cc(C(F)(F)F)c2)C(=O)OC)CC(Cc2ccccc2)N1C(=O)O. The summed E-state index contributed by atoms with van der Waals surface area (Å²) in [5, 5.41) is 9.96. The minimum Gasteiger partial charge on any atom is -0.465 e. The molecule has 0 aliphatic carbocycles. The highest BCUT2D eigenvalue weighted by Crippen LogP contribution is 2.37. The standard InChI is InChI=1S/C26H28F6N2O5/c1-38-15-22-13-20(12-21(34(22)23(35)36)10-16-6-4-3-5-7-16)33(24(37)39-2)14-17-8-18(25(27,28)29)11-19(9-17)26(30,31)32/h3-9,11,20-22H,10,12-15H2,1-2H3,(H,35,36). The van der Waals surface area contributed by atoms with Gasteiger partial charge in [0.25, 0.3) is 0 Å². The van der Waals surface area contributed by atoms with Crippen molar-refractivity contribution in [3.63, 3.8) is 0 Å². The van der Waals surface area contributed by atoms with Gasteiger partial charge in [0.2, 0.25) is 0 Å². The Labute approximate surface area is 220 Å². The van der Waals surface area contributed by atoms with Gasteiger partial charge in [0, 0.05) is 25.7 Å². The number of nitrogens with zero attached hydrogens (tertiary/aromatic N) is 2. The number of likely N-dealkylation sites (tertiary alicyclic amines) is 1. The largest absolute Gasteiger partial charge is 0.465 e. The Bertz CT molecular complexity index is 1110. The first kappa shape index (κ1) is 30.1. The van der Waals surface area contributed by atoms with E-state index in [1.54, 1.807) is 30.3 Å². The van der Waals surface area contributed by atoms with Crippen molar-refractivity contribution < 1.29 is 50.5 Å². The maximum atomic E-state index is 13.4. The highest BCUT2D eigenvalue weighted by atomic mass is 19.4. The topological polar surface area (TPSA) is 79.3 Å². The highest BCUT2D eigenvalue weighted by molar-refractivity contribution is 5.69. The molecular weight excluding hydrogens is 534 g/mol. The molecule has 0 radical (unpaired) electrons. The smallest absolute Gasteiger partial charge is 0.416 e. The Kier molecular flexibility index (Phi) is 9.36. The maximum absolute atomic E-state index is 13.4. The van der Waals surface area contributed by atoms with E-state index in [-0.39, 0.29) is 31.9 Å². The molecule has 1 saturated heterocycles. The van der Waals surface area contributed by atoms with Gasteiger partial charge < -0.3 is 19.5 Å². The number of alkyl halides is 6. The van der Waals surface area contributed by atoms with Gasteiger partial charge in [-0.15, -0.1) is 0 Å². The highest BCUT2D eigenvalue weighted by Gasteiger charge is 2.43. The number of benzene rings is 2. The van der Waals surface area contributed by atoms with Crippen LogP contribution in [-0.4, -0.2) is 66.0 Å². The first-order chi connectivity index (χ1) is 18.2. The zero-order valence-electron chi connectivity index (χ0n) is 21.1. The van der Waals surface area contributed by atoms with Crippen LogP contribution in [0.4, 0.5) is 35.9 Å². The molecule has 3 unspecified atom stereocenters. The summed E-state index contributed by atoms with van der Waals surface area (Å²) in [6.45, 7) is -0.653. The zero-order valence-corrected chi connectivity index (χ0v) is 21.1. The lowest BCUT2D eigenvalue weighted by Gasteiger charge is -2.46. The van der Waals surface area contributed by atoms with Crippen molar-refractivity contribution in [2.24, 2.45) is 0 Å². The second kappa shape index (κ2) is 12.1. The number of carbonyl (C=O) groups excluding carboxylic acids is 1. The van der Waals surface area contributed by atoms with Crippen molar-refractivity contribution in [1.82, 2.24) is 9.80 Å². The third kappa shape index (κ3) is 7.55. The molecule has 1 aliphatic heterocycles. The maximum Gasteiger partial charge on any atom is 0.416 e. The average Bonchev–Trinajstić information content (AvgIpc) is 2.86. The second-order valence-electron chi connectivity index (χ2n) is 9.28. The molecule has 3 atom stereocenters. The van der Waals surface area contributed by atoms with E-state index in [2.05, 4.69) is 0 Å². The monoisotopic (exact) mass is 562 g/mol. The van der Waals surface area contributed by atoms with Crippen LogP contribution in [0.15, 0.2) is 48.5 Å². The molecule has 0 spiro atoms. The molecular formula is C26H28F6N2O5. The Hall–Kier alpha value is -3.48. The molecule has 39 heavy (non-hydrogen) atoms. The third-order valence-corrected chi connectivity index (χ3v) is 6.62. The number of carboxylic acid groups (broad SMARTS) is 1. The molecule has 214 valence electrons. The van der Waals surface area contributed by atoms with Crippen molar-refractivity contribution in [1.29, 1.82) is 0 Å². The lowest BCUT2D eigenvalue weighted by molar-refractivity contribution is -0.143. The fraction of sp³-hybridized carbons (Fsp3) is 0.462. The summed E-state index contributed by atoms with van der Waals surface area (Å²) < 4.78 is 90.6. The van der Waals surface area contributed by atoms with Gasteiger partial charge in [-0.1, -0.05) is 30.3 Å². The van der Waals surface area contributed by atoms with Crippen LogP contribution in [0.1, 0.15) is 35.1 Å². The van der Waals surface area contributed by atoms with Gasteiger partial charge in [0.05, 0.1) is 30.9 Å². The molecule has 1 N–H and O–H groups in total. The van der Waals surface area contributed by atoms with Crippen molar-refractivity contribution in [3.8, 4) is 0 Å². The summed E-state index contributed by atoms with van der Waals surface area (Å²) in [7, 11) is 2.41. The molecule has 1 fully saturated rings. The number of hydrogen-bond acceptors (Lipinski definition) is 4. The number of ether oxygens (including phenoxy) is 2. The third-order valence-electron chi connectivity index (χ3n) is 6.62. The quantitative estimate of drug-likeness (QED) is 0.415. The molecule has 3 rings (SSSR count). The van der Waals surface area contributed by atoms with Gasteiger partial charge in [-0.3, -0.25) is 4.90 Å². The summed E-state index contributed by atoms with van der Waals surface area (Å²) in [5.41, 5.74) is -2.59. The number of piperidine rings is 1. The van der Waals surface area contributed by atoms with Crippen molar-refractivity contribution in [2.45, 2.75) is 56.3 Å². The van der Waals surface area contributed by atoms with Crippen LogP contribution >= 0.6 is 0 Å². The average molecular weight is 563 g/mol. The summed E-state index contributed by atoms with van der Waals surface area (Å²) in [4.78, 5) is 27.3. The molecule has 2 amide bonds. The normalized spacial score (nSPS) is 20.0. The van der Waals surface area contributed by atoms with E-state index >= 15 is 0 Å². The second-order valence-corrected chi connectivity index (χ2v) is 9.28. The fourth-order valence-corrected chi connectivity index (χ4v) is 4.99. The van der Waals surface area contributed by atoms with E-state index in [9.17, 15) is 41.0 Å². The Morgan fingerprint density at radius 1 is 0.923 bits per heavy atom. The Morgan fingerprint density at radius 3 is 1.97 bits per heavy atom. The number of methoxy groups -OCH3 is 2. The minimum atomic E-state index is -5.05. The molecule has 1 heterocycles. The zero-order chi connectivity index (χ0) is 29.0. The lowest BCUT2D eigenvalue weighted by Crippen LogP contribution is -2.59. The molecule has 2 aromatic rings. The van der Waals surface area contributed by atoms with Crippen LogP contribution in [0.25, 0.3) is 0 Å². The van der Waals surface area contributed by atoms with Gasteiger partial charge >= 0.3 is 24.5 Å².